The van der Waals surface area contributed by atoms with Crippen molar-refractivity contribution in [3.05, 3.63) is 101 Å². The van der Waals surface area contributed by atoms with Gasteiger partial charge in [0.1, 0.15) is 5.75 Å². The Balaban J connectivity index is 1.89. The number of nitrogens with one attached hydrogen (secondary N) is 1. The monoisotopic (exact) mass is 360 g/mol. The molecule has 0 unspecified atom stereocenters. The van der Waals surface area contributed by atoms with Gasteiger partial charge >= 0.3 is 0 Å². The van der Waals surface area contributed by atoms with Crippen molar-refractivity contribution in [3.63, 3.8) is 0 Å². The van der Waals surface area contributed by atoms with Crippen LogP contribution in [0.25, 0.3) is 0 Å². The molecule has 0 aliphatic rings. The second-order valence-electron chi connectivity index (χ2n) is 6.20. The lowest BCUT2D eigenvalue weighted by Crippen LogP contribution is -2.43. The van der Waals surface area contributed by atoms with Crippen molar-refractivity contribution in [2.75, 3.05) is 0 Å². The van der Waals surface area contributed by atoms with Gasteiger partial charge < -0.3 is 10.2 Å². The molecule has 5 heteroatoms. The number of aliphatic hydroxyl groups is 1. The molecule has 0 aliphatic carbocycles. The van der Waals surface area contributed by atoms with Crippen molar-refractivity contribution in [3.8, 4) is 5.75 Å². The summed E-state index contributed by atoms with van der Waals surface area (Å²) >= 11 is 0. The van der Waals surface area contributed by atoms with Gasteiger partial charge in [0.05, 0.1) is 6.21 Å². The maximum atomic E-state index is 12.9. The Morgan fingerprint density at radius 3 is 2.04 bits per heavy atom. The highest BCUT2D eigenvalue weighted by Gasteiger charge is 2.39. The third kappa shape index (κ3) is 3.88. The Hall–Kier alpha value is -3.44. The Morgan fingerprint density at radius 1 is 0.963 bits per heavy atom. The molecule has 3 aromatic carbocycles. The average Bonchev–Trinajstić information content (AvgIpc) is 2.70. The van der Waals surface area contributed by atoms with Gasteiger partial charge in [-0.1, -0.05) is 66.7 Å². The van der Waals surface area contributed by atoms with Crippen LogP contribution in [0.2, 0.25) is 0 Å². The van der Waals surface area contributed by atoms with Gasteiger partial charge in [0.2, 0.25) is 0 Å². The number of nitrogens with zero attached hydrogens (tertiary/aromatic N) is 1. The molecule has 0 saturated heterocycles. The summed E-state index contributed by atoms with van der Waals surface area (Å²) in [5, 5.41) is 25.1. The van der Waals surface area contributed by atoms with Crippen molar-refractivity contribution in [2.24, 2.45) is 5.10 Å². The van der Waals surface area contributed by atoms with E-state index in [1.165, 1.54) is 6.21 Å². The Bertz CT molecular complexity index is 914. The third-order valence-corrected chi connectivity index (χ3v) is 4.27. The van der Waals surface area contributed by atoms with E-state index in [-0.39, 0.29) is 5.75 Å². The zero-order chi connectivity index (χ0) is 19.3. The number of aryl methyl sites for hydroxylation is 1. The number of phenols is 1. The van der Waals surface area contributed by atoms with Crippen LogP contribution in [0.3, 0.4) is 0 Å². The normalized spacial score (nSPS) is 11.5. The summed E-state index contributed by atoms with van der Waals surface area (Å²) in [6.45, 7) is 1.86. The Morgan fingerprint density at radius 2 is 1.52 bits per heavy atom. The standard InChI is InChI=1S/C22H20N2O3/c1-16-12-13-17(20(25)14-16)15-23-24-21(26)22(27,18-8-4-2-5-9-18)19-10-6-3-7-11-19/h2-15,25,27H,1H3,(H,24,26)/b23-15-. The van der Waals surface area contributed by atoms with Gasteiger partial charge in [-0.2, -0.15) is 5.10 Å². The van der Waals surface area contributed by atoms with Gasteiger partial charge in [0.15, 0.2) is 5.60 Å². The van der Waals surface area contributed by atoms with Crippen LogP contribution >= 0.6 is 0 Å². The molecule has 3 aromatic rings. The summed E-state index contributed by atoms with van der Waals surface area (Å²) in [5.41, 5.74) is 2.73. The lowest BCUT2D eigenvalue weighted by Gasteiger charge is -2.27. The summed E-state index contributed by atoms with van der Waals surface area (Å²) in [6, 6.07) is 22.5. The lowest BCUT2D eigenvalue weighted by molar-refractivity contribution is -0.136. The number of amides is 1. The highest BCUT2D eigenvalue weighted by molar-refractivity contribution is 5.91. The van der Waals surface area contributed by atoms with Crippen molar-refractivity contribution in [1.29, 1.82) is 0 Å². The number of hydrogen-bond donors (Lipinski definition) is 3. The molecule has 0 aliphatic heterocycles. The molecule has 0 fully saturated rings. The molecular formula is C22H20N2O3. The molecule has 0 radical (unpaired) electrons. The van der Waals surface area contributed by atoms with Crippen molar-refractivity contribution >= 4 is 12.1 Å². The van der Waals surface area contributed by atoms with Crippen LogP contribution in [-0.2, 0) is 10.4 Å². The number of phenolic OH excluding ortho intramolecular Hbond substituents is 1. The van der Waals surface area contributed by atoms with Crippen molar-refractivity contribution in [2.45, 2.75) is 12.5 Å². The average molecular weight is 360 g/mol. The zero-order valence-corrected chi connectivity index (χ0v) is 14.8. The topological polar surface area (TPSA) is 81.9 Å². The van der Waals surface area contributed by atoms with E-state index in [0.717, 1.165) is 5.56 Å². The van der Waals surface area contributed by atoms with E-state index in [1.54, 1.807) is 60.7 Å². The fraction of sp³-hybridized carbons (Fsp3) is 0.0909. The van der Waals surface area contributed by atoms with E-state index in [2.05, 4.69) is 10.5 Å². The number of rotatable bonds is 5. The molecule has 0 heterocycles. The number of aromatic hydroxyl groups is 1. The van der Waals surface area contributed by atoms with Gasteiger partial charge in [0, 0.05) is 5.56 Å². The molecule has 1 amide bonds. The van der Waals surface area contributed by atoms with Crippen molar-refractivity contribution < 1.29 is 15.0 Å². The highest BCUT2D eigenvalue weighted by atomic mass is 16.3. The molecule has 136 valence electrons. The van der Waals surface area contributed by atoms with Crippen LogP contribution in [0.15, 0.2) is 84.0 Å². The molecule has 0 atom stereocenters. The molecule has 0 bridgehead atoms. The quantitative estimate of drug-likeness (QED) is 0.483. The third-order valence-electron chi connectivity index (χ3n) is 4.27. The van der Waals surface area contributed by atoms with Gasteiger partial charge in [0.25, 0.3) is 5.91 Å². The summed E-state index contributed by atoms with van der Waals surface area (Å²) in [7, 11) is 0. The minimum absolute atomic E-state index is 0.0642. The first kappa shape index (κ1) is 18.4. The maximum Gasteiger partial charge on any atom is 0.281 e. The first-order valence-corrected chi connectivity index (χ1v) is 8.48. The summed E-state index contributed by atoms with van der Waals surface area (Å²) in [4.78, 5) is 12.9. The Kier molecular flexibility index (Phi) is 5.33. The second kappa shape index (κ2) is 7.85. The van der Waals surface area contributed by atoms with Crippen LogP contribution < -0.4 is 5.43 Å². The predicted molar refractivity (Wildman–Crippen MR) is 104 cm³/mol. The predicted octanol–water partition coefficient (Wildman–Crippen LogP) is 3.09. The second-order valence-corrected chi connectivity index (χ2v) is 6.20. The van der Waals surface area contributed by atoms with Crippen LogP contribution in [-0.4, -0.2) is 22.3 Å². The largest absolute Gasteiger partial charge is 0.507 e. The molecule has 0 saturated carbocycles. The minimum Gasteiger partial charge on any atom is -0.507 e. The molecule has 5 nitrogen and oxygen atoms in total. The molecule has 0 aromatic heterocycles. The van der Waals surface area contributed by atoms with E-state index in [9.17, 15) is 15.0 Å². The van der Waals surface area contributed by atoms with Crippen LogP contribution in [0.4, 0.5) is 0 Å². The minimum atomic E-state index is -1.89. The highest BCUT2D eigenvalue weighted by Crippen LogP contribution is 2.29. The smallest absolute Gasteiger partial charge is 0.281 e. The van der Waals surface area contributed by atoms with Crippen LogP contribution in [0.1, 0.15) is 22.3 Å². The van der Waals surface area contributed by atoms with E-state index in [1.807, 2.05) is 25.1 Å². The Labute approximate surface area is 157 Å². The summed E-state index contributed by atoms with van der Waals surface area (Å²) in [5.74, 6) is -0.628. The van der Waals surface area contributed by atoms with Crippen LogP contribution in [0, 0.1) is 6.92 Å². The molecule has 3 rings (SSSR count). The molecular weight excluding hydrogens is 340 g/mol. The molecule has 0 spiro atoms. The van der Waals surface area contributed by atoms with Crippen LogP contribution in [0.5, 0.6) is 5.75 Å². The SMILES string of the molecule is Cc1ccc(/C=N\NC(=O)C(O)(c2ccccc2)c2ccccc2)c(O)c1. The van der Waals surface area contributed by atoms with E-state index < -0.39 is 11.5 Å². The first-order valence-electron chi connectivity index (χ1n) is 8.48. The van der Waals surface area contributed by atoms with E-state index >= 15 is 0 Å². The maximum absolute atomic E-state index is 12.9. The summed E-state index contributed by atoms with van der Waals surface area (Å²) < 4.78 is 0. The fourth-order valence-corrected chi connectivity index (χ4v) is 2.79. The van der Waals surface area contributed by atoms with Gasteiger partial charge in [-0.05, 0) is 35.7 Å². The number of benzene rings is 3. The zero-order valence-electron chi connectivity index (χ0n) is 14.8. The number of hydrogen-bond acceptors (Lipinski definition) is 4. The molecule has 3 N–H and O–H groups in total. The number of carbonyl (C=O) groups excluding carboxylic acids is 1. The van der Waals surface area contributed by atoms with Gasteiger partial charge in [-0.15, -0.1) is 0 Å². The molecule has 27 heavy (non-hydrogen) atoms. The van der Waals surface area contributed by atoms with Gasteiger partial charge in [-0.3, -0.25) is 4.79 Å². The number of hydrazone groups is 1. The fourth-order valence-electron chi connectivity index (χ4n) is 2.79. The number of carbonyl (C=O) groups is 1. The van der Waals surface area contributed by atoms with E-state index in [4.69, 9.17) is 0 Å². The lowest BCUT2D eigenvalue weighted by atomic mass is 9.85. The van der Waals surface area contributed by atoms with Gasteiger partial charge in [-0.25, -0.2) is 5.43 Å². The summed E-state index contributed by atoms with van der Waals surface area (Å²) in [6.07, 6.45) is 1.34. The van der Waals surface area contributed by atoms with Crippen molar-refractivity contribution in [1.82, 2.24) is 5.43 Å². The van der Waals surface area contributed by atoms with E-state index in [0.29, 0.717) is 16.7 Å². The first-order chi connectivity index (χ1) is 13.0.